The van der Waals surface area contributed by atoms with Gasteiger partial charge >= 0.3 is 0 Å². The molecule has 2 aromatic carbocycles. The van der Waals surface area contributed by atoms with Gasteiger partial charge in [-0.3, -0.25) is 0 Å². The maximum Gasteiger partial charge on any atom is 0.247 e. The van der Waals surface area contributed by atoms with Crippen molar-refractivity contribution in [2.45, 2.75) is 17.9 Å². The lowest BCUT2D eigenvalue weighted by atomic mass is 10.2. The van der Waals surface area contributed by atoms with E-state index in [1.807, 2.05) is 31.2 Å². The van der Waals surface area contributed by atoms with Gasteiger partial charge in [-0.15, -0.1) is 10.2 Å². The van der Waals surface area contributed by atoms with Gasteiger partial charge in [0, 0.05) is 25.3 Å². The number of sulfonamides is 1. The van der Waals surface area contributed by atoms with Crippen molar-refractivity contribution in [2.75, 3.05) is 33.6 Å². The quantitative estimate of drug-likeness (QED) is 0.578. The molecule has 1 aromatic heterocycles. The Morgan fingerprint density at radius 3 is 2.33 bits per heavy atom. The summed E-state index contributed by atoms with van der Waals surface area (Å²) in [4.78, 5) is 0.0663. The number of methoxy groups -OCH3 is 2. The number of nitrogens with one attached hydrogen (secondary N) is 1. The molecule has 10 heteroatoms. The Hall–Kier alpha value is -3.11. The Morgan fingerprint density at radius 2 is 1.73 bits per heavy atom. The lowest BCUT2D eigenvalue weighted by molar-refractivity contribution is 0.400. The van der Waals surface area contributed by atoms with Gasteiger partial charge < -0.3 is 19.2 Å². The molecule has 0 saturated heterocycles. The zero-order valence-electron chi connectivity index (χ0n) is 17.4. The van der Waals surface area contributed by atoms with Crippen molar-refractivity contribution < 1.29 is 22.3 Å². The van der Waals surface area contributed by atoms with Gasteiger partial charge in [0.25, 0.3) is 0 Å². The molecular weight excluding hydrogens is 408 g/mol. The number of ether oxygens (including phenoxy) is 2. The van der Waals surface area contributed by atoms with Gasteiger partial charge in [0.2, 0.25) is 21.8 Å². The minimum atomic E-state index is -3.67. The third kappa shape index (κ3) is 4.39. The molecule has 3 aromatic rings. The molecular formula is C20H24N4O5S. The van der Waals surface area contributed by atoms with Gasteiger partial charge in [-0.2, -0.15) is 0 Å². The van der Waals surface area contributed by atoms with E-state index >= 15 is 0 Å². The van der Waals surface area contributed by atoms with Gasteiger partial charge in [0.05, 0.1) is 14.2 Å². The lowest BCUT2D eigenvalue weighted by Crippen LogP contribution is -2.23. The molecule has 1 heterocycles. The Balaban J connectivity index is 1.82. The Labute approximate surface area is 175 Å². The van der Waals surface area contributed by atoms with Crippen LogP contribution in [0.1, 0.15) is 18.9 Å². The predicted molar refractivity (Wildman–Crippen MR) is 112 cm³/mol. The first kappa shape index (κ1) is 21.6. The van der Waals surface area contributed by atoms with Crippen LogP contribution in [0.4, 0.5) is 5.69 Å². The average Bonchev–Trinajstić information content (AvgIpc) is 3.24. The van der Waals surface area contributed by atoms with Crippen LogP contribution in [0.2, 0.25) is 0 Å². The maximum absolute atomic E-state index is 12.6. The van der Waals surface area contributed by atoms with E-state index in [0.717, 1.165) is 15.6 Å². The van der Waals surface area contributed by atoms with Crippen LogP contribution in [0.3, 0.4) is 0 Å². The van der Waals surface area contributed by atoms with Gasteiger partial charge in [-0.1, -0.05) is 0 Å². The fraction of sp³-hybridized carbons (Fsp3) is 0.300. The molecule has 30 heavy (non-hydrogen) atoms. The van der Waals surface area contributed by atoms with E-state index in [9.17, 15) is 8.42 Å². The minimum Gasteiger partial charge on any atom is -0.497 e. The smallest absolute Gasteiger partial charge is 0.247 e. The number of benzene rings is 2. The summed E-state index contributed by atoms with van der Waals surface area (Å²) in [5.74, 6) is 1.75. The molecule has 0 saturated carbocycles. The predicted octanol–water partition coefficient (Wildman–Crippen LogP) is 3.18. The van der Waals surface area contributed by atoms with Crippen LogP contribution >= 0.6 is 0 Å². The molecule has 1 atom stereocenters. The first-order valence-corrected chi connectivity index (χ1v) is 10.5. The van der Waals surface area contributed by atoms with Crippen molar-refractivity contribution in [1.29, 1.82) is 0 Å². The summed E-state index contributed by atoms with van der Waals surface area (Å²) in [6, 6.07) is 11.8. The van der Waals surface area contributed by atoms with Crippen LogP contribution in [0.25, 0.3) is 11.5 Å². The Bertz CT molecular complexity index is 1110. The molecule has 0 radical (unpaired) electrons. The second kappa shape index (κ2) is 8.72. The molecule has 0 spiro atoms. The monoisotopic (exact) mass is 432 g/mol. The lowest BCUT2D eigenvalue weighted by Gasteiger charge is -2.17. The van der Waals surface area contributed by atoms with Crippen molar-refractivity contribution in [3.05, 3.63) is 48.4 Å². The zero-order chi connectivity index (χ0) is 21.9. The van der Waals surface area contributed by atoms with E-state index in [1.165, 1.54) is 27.3 Å². The third-order valence-electron chi connectivity index (χ3n) is 4.45. The number of hydrogen-bond donors (Lipinski definition) is 1. The van der Waals surface area contributed by atoms with E-state index < -0.39 is 10.0 Å². The van der Waals surface area contributed by atoms with Crippen LogP contribution in [0.15, 0.2) is 51.8 Å². The molecule has 0 aliphatic carbocycles. The fourth-order valence-electron chi connectivity index (χ4n) is 2.74. The molecule has 0 fully saturated rings. The molecule has 0 bridgehead atoms. The molecule has 0 unspecified atom stereocenters. The summed E-state index contributed by atoms with van der Waals surface area (Å²) in [7, 11) is 2.29. The number of rotatable bonds is 8. The molecule has 1 N–H and O–H groups in total. The molecule has 9 nitrogen and oxygen atoms in total. The summed E-state index contributed by atoms with van der Waals surface area (Å²) >= 11 is 0. The van der Waals surface area contributed by atoms with Crippen LogP contribution < -0.4 is 14.8 Å². The van der Waals surface area contributed by atoms with Gasteiger partial charge in [-0.05, 0) is 49.4 Å². The van der Waals surface area contributed by atoms with Crippen LogP contribution in [-0.4, -0.2) is 51.2 Å². The molecule has 3 rings (SSSR count). The standard InChI is InChI=1S/C20H24N4O5S/c1-13(19-22-23-20(29-19)14-6-9-16(27-4)10-7-14)21-15-8-11-17(28-5)18(12-15)30(25,26)24(2)3/h6-13,21H,1-5H3/t13-/m0/s1. The second-order valence-corrected chi connectivity index (χ2v) is 8.81. The van der Waals surface area contributed by atoms with Crippen LogP contribution in [0.5, 0.6) is 11.5 Å². The van der Waals surface area contributed by atoms with Gasteiger partial charge in [-0.25, -0.2) is 12.7 Å². The number of nitrogens with zero attached hydrogens (tertiary/aromatic N) is 3. The van der Waals surface area contributed by atoms with Crippen molar-refractivity contribution in [3.63, 3.8) is 0 Å². The molecule has 0 aliphatic rings. The highest BCUT2D eigenvalue weighted by molar-refractivity contribution is 7.89. The van der Waals surface area contributed by atoms with Crippen molar-refractivity contribution in [1.82, 2.24) is 14.5 Å². The van der Waals surface area contributed by atoms with E-state index in [4.69, 9.17) is 13.9 Å². The van der Waals surface area contributed by atoms with Crippen LogP contribution in [-0.2, 0) is 10.0 Å². The summed E-state index contributed by atoms with van der Waals surface area (Å²) < 4.78 is 42.5. The SMILES string of the molecule is COc1ccc(-c2nnc([C@H](C)Nc3ccc(OC)c(S(=O)(=O)N(C)C)c3)o2)cc1. The summed E-state index contributed by atoms with van der Waals surface area (Å²) in [6.07, 6.45) is 0. The highest BCUT2D eigenvalue weighted by Gasteiger charge is 2.23. The third-order valence-corrected chi connectivity index (χ3v) is 6.29. The Morgan fingerprint density at radius 1 is 1.03 bits per heavy atom. The molecule has 160 valence electrons. The minimum absolute atomic E-state index is 0.0663. The van der Waals surface area contributed by atoms with Gasteiger partial charge in [0.15, 0.2) is 0 Å². The molecule has 0 amide bonds. The zero-order valence-corrected chi connectivity index (χ0v) is 18.2. The number of hydrogen-bond acceptors (Lipinski definition) is 8. The number of aromatic nitrogens is 2. The first-order valence-electron chi connectivity index (χ1n) is 9.11. The van der Waals surface area contributed by atoms with Gasteiger partial charge in [0.1, 0.15) is 22.4 Å². The average molecular weight is 433 g/mol. The van der Waals surface area contributed by atoms with Crippen molar-refractivity contribution in [3.8, 4) is 23.0 Å². The number of anilines is 1. The fourth-order valence-corrected chi connectivity index (χ4v) is 3.81. The van der Waals surface area contributed by atoms with E-state index in [-0.39, 0.29) is 16.7 Å². The largest absolute Gasteiger partial charge is 0.497 e. The summed E-state index contributed by atoms with van der Waals surface area (Å²) in [6.45, 7) is 1.84. The second-order valence-electron chi connectivity index (χ2n) is 6.69. The van der Waals surface area contributed by atoms with E-state index in [1.54, 1.807) is 19.2 Å². The Kier molecular flexibility index (Phi) is 6.28. The van der Waals surface area contributed by atoms with Crippen molar-refractivity contribution in [2.24, 2.45) is 0 Å². The van der Waals surface area contributed by atoms with Crippen molar-refractivity contribution >= 4 is 15.7 Å². The summed E-state index contributed by atoms with van der Waals surface area (Å²) in [5.41, 5.74) is 1.35. The van der Waals surface area contributed by atoms with E-state index in [0.29, 0.717) is 17.5 Å². The molecule has 0 aliphatic heterocycles. The first-order chi connectivity index (χ1) is 14.3. The highest BCUT2D eigenvalue weighted by Crippen LogP contribution is 2.31. The van der Waals surface area contributed by atoms with E-state index in [2.05, 4.69) is 15.5 Å². The maximum atomic E-state index is 12.6. The normalized spacial score (nSPS) is 12.6. The summed E-state index contributed by atoms with van der Waals surface area (Å²) in [5, 5.41) is 11.4. The topological polar surface area (TPSA) is 107 Å². The highest BCUT2D eigenvalue weighted by atomic mass is 32.2. The van der Waals surface area contributed by atoms with Crippen LogP contribution in [0, 0.1) is 0 Å².